The molecular weight excluding hydrogens is 354 g/mol. The lowest BCUT2D eigenvalue weighted by Crippen LogP contribution is -2.10. The summed E-state index contributed by atoms with van der Waals surface area (Å²) in [5.41, 5.74) is 13.8. The highest BCUT2D eigenvalue weighted by molar-refractivity contribution is 5.75. The molecule has 0 heterocycles. The summed E-state index contributed by atoms with van der Waals surface area (Å²) >= 11 is 0. The fourth-order valence-electron chi connectivity index (χ4n) is 4.37. The predicted molar refractivity (Wildman–Crippen MR) is 124 cm³/mol. The molecule has 1 saturated carbocycles. The number of aliphatic imine (C=N–C) groups is 1. The van der Waals surface area contributed by atoms with Crippen molar-refractivity contribution in [1.82, 2.24) is 0 Å². The maximum atomic E-state index is 6.36. The van der Waals surface area contributed by atoms with Crippen LogP contribution < -0.4 is 11.1 Å². The number of hydrogen-bond donors (Lipinski definition) is 2. The molecule has 0 bridgehead atoms. The summed E-state index contributed by atoms with van der Waals surface area (Å²) in [6, 6.07) is 15.0. The van der Waals surface area contributed by atoms with Crippen LogP contribution in [0.1, 0.15) is 54.6 Å². The highest BCUT2D eigenvalue weighted by atomic mass is 14.9. The number of rotatable bonds is 7. The van der Waals surface area contributed by atoms with Crippen molar-refractivity contribution < 1.29 is 0 Å². The van der Waals surface area contributed by atoms with E-state index in [0.29, 0.717) is 0 Å². The zero-order valence-electron chi connectivity index (χ0n) is 17.7. The quantitative estimate of drug-likeness (QED) is 0.443. The minimum Gasteiger partial charge on any atom is -0.361 e. The van der Waals surface area contributed by atoms with Gasteiger partial charge in [-0.2, -0.15) is 0 Å². The molecule has 1 fully saturated rings. The maximum Gasteiger partial charge on any atom is 0.122 e. The number of hydrogen-bond acceptors (Lipinski definition) is 3. The Morgan fingerprint density at radius 2 is 2.03 bits per heavy atom. The number of nitrogens with one attached hydrogen (secondary N) is 1. The van der Waals surface area contributed by atoms with Crippen LogP contribution >= 0.6 is 0 Å². The van der Waals surface area contributed by atoms with E-state index in [1.807, 2.05) is 12.1 Å². The molecule has 2 aromatic rings. The van der Waals surface area contributed by atoms with E-state index in [1.165, 1.54) is 35.1 Å². The lowest BCUT2D eigenvalue weighted by Gasteiger charge is -2.12. The highest BCUT2D eigenvalue weighted by Crippen LogP contribution is 2.58. The molecule has 150 valence electrons. The molecule has 3 heteroatoms. The summed E-state index contributed by atoms with van der Waals surface area (Å²) in [6.45, 7) is 6.48. The number of allylic oxidation sites excluding steroid dienone is 3. The van der Waals surface area contributed by atoms with Crippen LogP contribution in [0.4, 0.5) is 5.69 Å². The van der Waals surface area contributed by atoms with Gasteiger partial charge in [0, 0.05) is 23.5 Å². The van der Waals surface area contributed by atoms with Crippen molar-refractivity contribution in [2.24, 2.45) is 22.1 Å². The Labute approximate surface area is 174 Å². The Morgan fingerprint density at radius 3 is 2.69 bits per heavy atom. The first-order chi connectivity index (χ1) is 14.0. The topological polar surface area (TPSA) is 50.4 Å². The zero-order valence-corrected chi connectivity index (χ0v) is 17.7. The van der Waals surface area contributed by atoms with Crippen LogP contribution in [0.15, 0.2) is 65.8 Å². The second kappa shape index (κ2) is 8.00. The number of aryl methyl sites for hydroxylation is 2. The molecule has 4 rings (SSSR count). The Balaban J connectivity index is 1.47. The first kappa shape index (κ1) is 19.7. The molecule has 2 aliphatic carbocycles. The minimum absolute atomic E-state index is 0.207. The first-order valence-corrected chi connectivity index (χ1v) is 10.6. The lowest BCUT2D eigenvalue weighted by atomic mass is 10.00. The van der Waals surface area contributed by atoms with Gasteiger partial charge in [0.15, 0.2) is 0 Å². The highest BCUT2D eigenvalue weighted by Gasteiger charge is 2.52. The van der Waals surface area contributed by atoms with E-state index in [1.54, 1.807) is 0 Å². The number of nitrogens with zero attached hydrogens (tertiary/aromatic N) is 1. The largest absolute Gasteiger partial charge is 0.361 e. The van der Waals surface area contributed by atoms with Crippen molar-refractivity contribution in [3.05, 3.63) is 83.1 Å². The van der Waals surface area contributed by atoms with Crippen LogP contribution in [0, 0.1) is 25.2 Å². The standard InChI is InChI=1S/C26H31N3/c1-4-20(22-12-18(2)11-19(3)13-22)16-28-24-9-5-7-21(14-24)25(27)29-17-26-10-6-8-23(26)15-26/h5-7,9-14,16-17,23,25,28H,4,8,15,27H2,1-3H3/b20-16+,29-17?/t23?,25?,26-/m1/s1. The average Bonchev–Trinajstić information content (AvgIpc) is 3.25. The van der Waals surface area contributed by atoms with E-state index in [2.05, 4.69) is 86.0 Å². The molecule has 29 heavy (non-hydrogen) atoms. The van der Waals surface area contributed by atoms with E-state index in [-0.39, 0.29) is 11.6 Å². The van der Waals surface area contributed by atoms with Crippen LogP contribution in [0.25, 0.3) is 5.57 Å². The van der Waals surface area contributed by atoms with Gasteiger partial charge in [-0.15, -0.1) is 0 Å². The van der Waals surface area contributed by atoms with Crippen molar-refractivity contribution in [2.75, 3.05) is 5.32 Å². The van der Waals surface area contributed by atoms with Crippen molar-refractivity contribution >= 4 is 17.5 Å². The molecule has 0 radical (unpaired) electrons. The van der Waals surface area contributed by atoms with Crippen LogP contribution in [-0.4, -0.2) is 6.21 Å². The van der Waals surface area contributed by atoms with Crippen molar-refractivity contribution in [3.8, 4) is 0 Å². The summed E-state index contributed by atoms with van der Waals surface area (Å²) in [5.74, 6) is 0.759. The van der Waals surface area contributed by atoms with E-state index < -0.39 is 0 Å². The number of anilines is 1. The molecule has 3 N–H and O–H groups in total. The fraction of sp³-hybridized carbons (Fsp3) is 0.346. The third-order valence-electron chi connectivity index (χ3n) is 6.14. The number of benzene rings is 2. The summed E-state index contributed by atoms with van der Waals surface area (Å²) in [4.78, 5) is 4.67. The molecule has 0 amide bonds. The third kappa shape index (κ3) is 4.35. The maximum absolute atomic E-state index is 6.36. The lowest BCUT2D eigenvalue weighted by molar-refractivity contribution is 0.747. The fourth-order valence-corrected chi connectivity index (χ4v) is 4.37. The van der Waals surface area contributed by atoms with Gasteiger partial charge in [-0.05, 0) is 67.9 Å². The summed E-state index contributed by atoms with van der Waals surface area (Å²) < 4.78 is 0. The second-order valence-corrected chi connectivity index (χ2v) is 8.54. The van der Waals surface area contributed by atoms with E-state index in [0.717, 1.165) is 23.6 Å². The average molecular weight is 386 g/mol. The smallest absolute Gasteiger partial charge is 0.122 e. The SMILES string of the molecule is CC/C(=C\Nc1cccc(C(N)N=C[C@]23C=CCC2C3)c1)c1cc(C)cc(C)c1. The summed E-state index contributed by atoms with van der Waals surface area (Å²) in [5, 5.41) is 3.46. The molecule has 2 aliphatic rings. The summed E-state index contributed by atoms with van der Waals surface area (Å²) in [6.07, 6.45) is 11.8. The third-order valence-corrected chi connectivity index (χ3v) is 6.14. The van der Waals surface area contributed by atoms with Gasteiger partial charge in [0.25, 0.3) is 0 Å². The molecule has 0 aliphatic heterocycles. The van der Waals surface area contributed by atoms with Gasteiger partial charge < -0.3 is 11.1 Å². The molecule has 2 unspecified atom stereocenters. The van der Waals surface area contributed by atoms with Crippen LogP contribution in [0.5, 0.6) is 0 Å². The molecule has 2 aromatic carbocycles. The van der Waals surface area contributed by atoms with E-state index >= 15 is 0 Å². The molecule has 3 nitrogen and oxygen atoms in total. The summed E-state index contributed by atoms with van der Waals surface area (Å²) in [7, 11) is 0. The van der Waals surface area contributed by atoms with Gasteiger partial charge in [-0.25, -0.2) is 0 Å². The number of fused-ring (bicyclic) bond motifs is 1. The van der Waals surface area contributed by atoms with E-state index in [4.69, 9.17) is 5.73 Å². The van der Waals surface area contributed by atoms with Gasteiger partial charge in [-0.3, -0.25) is 4.99 Å². The molecule has 0 spiro atoms. The monoisotopic (exact) mass is 385 g/mol. The van der Waals surface area contributed by atoms with Crippen molar-refractivity contribution in [1.29, 1.82) is 0 Å². The zero-order chi connectivity index (χ0) is 20.4. The van der Waals surface area contributed by atoms with Gasteiger partial charge in [0.2, 0.25) is 0 Å². The Hall–Kier alpha value is -2.65. The first-order valence-electron chi connectivity index (χ1n) is 10.6. The van der Waals surface area contributed by atoms with Crippen LogP contribution in [0.2, 0.25) is 0 Å². The van der Waals surface area contributed by atoms with E-state index in [9.17, 15) is 0 Å². The van der Waals surface area contributed by atoms with Crippen molar-refractivity contribution in [2.45, 2.75) is 46.2 Å². The van der Waals surface area contributed by atoms with Gasteiger partial charge >= 0.3 is 0 Å². The predicted octanol–water partition coefficient (Wildman–Crippen LogP) is 6.16. The van der Waals surface area contributed by atoms with Gasteiger partial charge in [0.1, 0.15) is 6.17 Å². The van der Waals surface area contributed by atoms with Crippen LogP contribution in [0.3, 0.4) is 0 Å². The molecule has 0 saturated heterocycles. The van der Waals surface area contributed by atoms with Crippen molar-refractivity contribution in [3.63, 3.8) is 0 Å². The van der Waals surface area contributed by atoms with Gasteiger partial charge in [0.05, 0.1) is 0 Å². The normalized spacial score (nSPS) is 24.0. The Kier molecular flexibility index (Phi) is 5.42. The molecule has 0 aromatic heterocycles. The number of nitrogens with two attached hydrogens (primary N) is 1. The molecule has 3 atom stereocenters. The second-order valence-electron chi connectivity index (χ2n) is 8.54. The minimum atomic E-state index is -0.324. The Bertz CT molecular complexity index is 965. The molecular formula is C26H31N3. The van der Waals surface area contributed by atoms with Crippen LogP contribution in [-0.2, 0) is 0 Å². The van der Waals surface area contributed by atoms with Gasteiger partial charge in [-0.1, -0.05) is 60.5 Å². The Morgan fingerprint density at radius 1 is 1.24 bits per heavy atom.